The van der Waals surface area contributed by atoms with Gasteiger partial charge in [-0.15, -0.1) is 0 Å². The van der Waals surface area contributed by atoms with E-state index in [1.165, 1.54) is 0 Å². The third kappa shape index (κ3) is 3.10. The van der Waals surface area contributed by atoms with Gasteiger partial charge in [-0.1, -0.05) is 44.2 Å². The molecule has 0 N–H and O–H groups in total. The molecule has 1 aromatic rings. The van der Waals surface area contributed by atoms with Gasteiger partial charge in [0.1, 0.15) is 0 Å². The van der Waals surface area contributed by atoms with Gasteiger partial charge in [-0.3, -0.25) is 0 Å². The zero-order valence-electron chi connectivity index (χ0n) is 11.4. The minimum absolute atomic E-state index is 0.299. The Labute approximate surface area is 109 Å². The summed E-state index contributed by atoms with van der Waals surface area (Å²) in [5, 5.41) is 0. The van der Waals surface area contributed by atoms with Crippen molar-refractivity contribution in [2.75, 3.05) is 13.2 Å². The van der Waals surface area contributed by atoms with E-state index in [0.717, 1.165) is 12.0 Å². The SMILES string of the molecule is CCCO[C@@](CC)(C(=O)OCC)c1ccccc1. The summed E-state index contributed by atoms with van der Waals surface area (Å²) >= 11 is 0. The molecule has 1 rings (SSSR count). The average Bonchev–Trinajstić information content (AvgIpc) is 2.42. The van der Waals surface area contributed by atoms with Crippen LogP contribution in [0.3, 0.4) is 0 Å². The molecule has 0 aliphatic rings. The molecule has 0 saturated heterocycles. The summed E-state index contributed by atoms with van der Waals surface area (Å²) in [4.78, 5) is 12.3. The molecule has 0 radical (unpaired) electrons. The molecule has 0 aliphatic heterocycles. The van der Waals surface area contributed by atoms with Crippen LogP contribution in [0.2, 0.25) is 0 Å². The van der Waals surface area contributed by atoms with Gasteiger partial charge >= 0.3 is 5.97 Å². The van der Waals surface area contributed by atoms with E-state index in [9.17, 15) is 4.79 Å². The van der Waals surface area contributed by atoms with Crippen LogP contribution in [0.5, 0.6) is 0 Å². The number of hydrogen-bond donors (Lipinski definition) is 0. The first-order valence-corrected chi connectivity index (χ1v) is 6.58. The van der Waals surface area contributed by atoms with Gasteiger partial charge in [-0.2, -0.15) is 0 Å². The lowest BCUT2D eigenvalue weighted by molar-refractivity contribution is -0.175. The predicted molar refractivity (Wildman–Crippen MR) is 71.3 cm³/mol. The normalized spacial score (nSPS) is 13.9. The Kier molecular flexibility index (Phi) is 5.86. The number of ether oxygens (including phenoxy) is 2. The van der Waals surface area contributed by atoms with Crippen LogP contribution in [0.4, 0.5) is 0 Å². The Balaban J connectivity index is 3.09. The van der Waals surface area contributed by atoms with Crippen LogP contribution >= 0.6 is 0 Å². The Bertz CT molecular complexity index is 361. The van der Waals surface area contributed by atoms with Gasteiger partial charge in [0.25, 0.3) is 0 Å². The van der Waals surface area contributed by atoms with E-state index >= 15 is 0 Å². The number of carbonyl (C=O) groups is 1. The van der Waals surface area contributed by atoms with Gasteiger partial charge in [0.05, 0.1) is 6.61 Å². The zero-order valence-corrected chi connectivity index (χ0v) is 11.4. The molecule has 0 amide bonds. The first-order valence-electron chi connectivity index (χ1n) is 6.58. The molecule has 0 unspecified atom stereocenters. The Morgan fingerprint density at radius 3 is 2.33 bits per heavy atom. The van der Waals surface area contributed by atoms with Gasteiger partial charge in [-0.05, 0) is 25.3 Å². The van der Waals surface area contributed by atoms with Crippen molar-refractivity contribution in [1.82, 2.24) is 0 Å². The molecule has 100 valence electrons. The molecule has 3 nitrogen and oxygen atoms in total. The quantitative estimate of drug-likeness (QED) is 0.697. The predicted octanol–water partition coefficient (Wildman–Crippen LogP) is 3.28. The van der Waals surface area contributed by atoms with E-state index in [-0.39, 0.29) is 5.97 Å². The van der Waals surface area contributed by atoms with E-state index < -0.39 is 5.60 Å². The van der Waals surface area contributed by atoms with Gasteiger partial charge in [0, 0.05) is 6.61 Å². The highest BCUT2D eigenvalue weighted by atomic mass is 16.6. The van der Waals surface area contributed by atoms with Crippen LogP contribution in [-0.4, -0.2) is 19.2 Å². The summed E-state index contributed by atoms with van der Waals surface area (Å²) in [6.07, 6.45) is 1.43. The van der Waals surface area contributed by atoms with Crippen molar-refractivity contribution < 1.29 is 14.3 Å². The van der Waals surface area contributed by atoms with E-state index in [4.69, 9.17) is 9.47 Å². The van der Waals surface area contributed by atoms with Crippen molar-refractivity contribution in [1.29, 1.82) is 0 Å². The van der Waals surface area contributed by atoms with Crippen molar-refractivity contribution >= 4 is 5.97 Å². The summed E-state index contributed by atoms with van der Waals surface area (Å²) in [5.74, 6) is -0.299. The lowest BCUT2D eigenvalue weighted by Crippen LogP contribution is -2.40. The number of benzene rings is 1. The molecule has 0 saturated carbocycles. The summed E-state index contributed by atoms with van der Waals surface area (Å²) in [5.41, 5.74) is -0.104. The Hall–Kier alpha value is -1.35. The Morgan fingerprint density at radius 1 is 1.17 bits per heavy atom. The molecule has 0 aromatic heterocycles. The number of carbonyl (C=O) groups excluding carboxylic acids is 1. The third-order valence-electron chi connectivity index (χ3n) is 2.90. The molecule has 1 atom stereocenters. The second kappa shape index (κ2) is 7.17. The summed E-state index contributed by atoms with van der Waals surface area (Å²) < 4.78 is 11.0. The molecule has 1 aromatic carbocycles. The fraction of sp³-hybridized carbons (Fsp3) is 0.533. The van der Waals surface area contributed by atoms with E-state index in [1.54, 1.807) is 0 Å². The second-order valence-electron chi connectivity index (χ2n) is 4.12. The van der Waals surface area contributed by atoms with Crippen LogP contribution in [0.25, 0.3) is 0 Å². The molecule has 18 heavy (non-hydrogen) atoms. The number of rotatable bonds is 7. The van der Waals surface area contributed by atoms with Gasteiger partial charge in [-0.25, -0.2) is 4.79 Å². The molecule has 0 aliphatic carbocycles. The van der Waals surface area contributed by atoms with Crippen molar-refractivity contribution in [2.45, 2.75) is 39.2 Å². The lowest BCUT2D eigenvalue weighted by Gasteiger charge is -2.30. The van der Waals surface area contributed by atoms with Crippen molar-refractivity contribution in [3.05, 3.63) is 35.9 Å². The molecule has 0 heterocycles. The molecule has 3 heteroatoms. The van der Waals surface area contributed by atoms with E-state index in [0.29, 0.717) is 19.6 Å². The molecular weight excluding hydrogens is 228 g/mol. The second-order valence-corrected chi connectivity index (χ2v) is 4.12. The highest BCUT2D eigenvalue weighted by molar-refractivity contribution is 5.81. The number of hydrogen-bond acceptors (Lipinski definition) is 3. The maximum atomic E-state index is 12.3. The average molecular weight is 250 g/mol. The van der Waals surface area contributed by atoms with Crippen molar-refractivity contribution in [3.63, 3.8) is 0 Å². The highest BCUT2D eigenvalue weighted by Crippen LogP contribution is 2.31. The maximum absolute atomic E-state index is 12.3. The van der Waals surface area contributed by atoms with E-state index in [1.807, 2.05) is 51.1 Å². The van der Waals surface area contributed by atoms with E-state index in [2.05, 4.69) is 0 Å². The van der Waals surface area contributed by atoms with Crippen molar-refractivity contribution in [3.8, 4) is 0 Å². The molecule has 0 fully saturated rings. The largest absolute Gasteiger partial charge is 0.464 e. The van der Waals surface area contributed by atoms with Crippen molar-refractivity contribution in [2.24, 2.45) is 0 Å². The lowest BCUT2D eigenvalue weighted by atomic mass is 9.90. The standard InChI is InChI=1S/C15H22O3/c1-4-12-18-15(5-2,14(16)17-6-3)13-10-8-7-9-11-13/h7-11H,4-6,12H2,1-3H3/t15-/m1/s1. The summed E-state index contributed by atoms with van der Waals surface area (Å²) in [6, 6.07) is 9.57. The van der Waals surface area contributed by atoms with Gasteiger partial charge in [0.2, 0.25) is 0 Å². The third-order valence-corrected chi connectivity index (χ3v) is 2.90. The fourth-order valence-electron chi connectivity index (χ4n) is 1.94. The summed E-state index contributed by atoms with van der Waals surface area (Å²) in [7, 11) is 0. The Morgan fingerprint density at radius 2 is 1.83 bits per heavy atom. The smallest absolute Gasteiger partial charge is 0.343 e. The number of esters is 1. The topological polar surface area (TPSA) is 35.5 Å². The maximum Gasteiger partial charge on any atom is 0.343 e. The first-order chi connectivity index (χ1) is 8.71. The van der Waals surface area contributed by atoms with Gasteiger partial charge in [0.15, 0.2) is 5.60 Å². The zero-order chi connectivity index (χ0) is 13.4. The molecule has 0 spiro atoms. The molecular formula is C15H22O3. The van der Waals surface area contributed by atoms with Crippen LogP contribution < -0.4 is 0 Å². The monoisotopic (exact) mass is 250 g/mol. The van der Waals surface area contributed by atoms with Crippen LogP contribution in [0.1, 0.15) is 39.2 Å². The van der Waals surface area contributed by atoms with Crippen LogP contribution in [-0.2, 0) is 19.9 Å². The summed E-state index contributed by atoms with van der Waals surface area (Å²) in [6.45, 7) is 6.68. The fourth-order valence-corrected chi connectivity index (χ4v) is 1.94. The minimum atomic E-state index is -0.965. The van der Waals surface area contributed by atoms with Gasteiger partial charge < -0.3 is 9.47 Å². The minimum Gasteiger partial charge on any atom is -0.464 e. The molecule has 0 bridgehead atoms. The highest BCUT2D eigenvalue weighted by Gasteiger charge is 2.41. The van der Waals surface area contributed by atoms with Crippen LogP contribution in [0.15, 0.2) is 30.3 Å². The van der Waals surface area contributed by atoms with Crippen LogP contribution in [0, 0.1) is 0 Å². The first kappa shape index (κ1) is 14.7.